The van der Waals surface area contributed by atoms with Gasteiger partial charge in [-0.15, -0.1) is 0 Å². The van der Waals surface area contributed by atoms with Gasteiger partial charge in [-0.3, -0.25) is 0 Å². The minimum atomic E-state index is 0.832. The molecule has 0 unspecified atom stereocenters. The lowest BCUT2D eigenvalue weighted by atomic mass is 10.2. The normalized spacial score (nSPS) is 10.5. The highest BCUT2D eigenvalue weighted by Crippen LogP contribution is 2.16. The Morgan fingerprint density at radius 2 is 1.94 bits per heavy atom. The van der Waals surface area contributed by atoms with Gasteiger partial charge in [-0.25, -0.2) is 0 Å². The minimum absolute atomic E-state index is 0.832. The van der Waals surface area contributed by atoms with Crippen LogP contribution in [0.25, 0.3) is 5.57 Å². The molecule has 0 aliphatic rings. The number of aryl methyl sites for hydroxylation is 1. The van der Waals surface area contributed by atoms with Crippen molar-refractivity contribution in [1.29, 1.82) is 0 Å². The summed E-state index contributed by atoms with van der Waals surface area (Å²) in [4.78, 5) is 0. The summed E-state index contributed by atoms with van der Waals surface area (Å²) in [5.74, 6) is 1.74. The number of rotatable bonds is 3. The quantitative estimate of drug-likeness (QED) is 0.639. The largest absolute Gasteiger partial charge is 0.461 e. The molecule has 16 heavy (non-hydrogen) atoms. The Morgan fingerprint density at radius 3 is 2.38 bits per heavy atom. The van der Waals surface area contributed by atoms with Crippen LogP contribution in [0.4, 0.5) is 0 Å². The van der Waals surface area contributed by atoms with E-state index >= 15 is 0 Å². The number of furan rings is 1. The molecule has 1 heterocycles. The van der Waals surface area contributed by atoms with Crippen molar-refractivity contribution in [3.63, 3.8) is 0 Å². The highest BCUT2D eigenvalue weighted by atomic mass is 16.3. The maximum atomic E-state index is 5.40. The van der Waals surface area contributed by atoms with Gasteiger partial charge in [0.15, 0.2) is 0 Å². The summed E-state index contributed by atoms with van der Waals surface area (Å²) in [7, 11) is 0. The van der Waals surface area contributed by atoms with Crippen molar-refractivity contribution in [2.45, 2.75) is 34.1 Å². The van der Waals surface area contributed by atoms with Gasteiger partial charge >= 0.3 is 0 Å². The lowest BCUT2D eigenvalue weighted by Gasteiger charge is -1.92. The fraction of sp³-hybridized carbons (Fsp3) is 0.333. The van der Waals surface area contributed by atoms with Gasteiger partial charge in [0.25, 0.3) is 0 Å². The molecule has 1 nitrogen and oxygen atoms in total. The smallest absolute Gasteiger partial charge is 0.133 e. The number of hydrogen-bond donors (Lipinski definition) is 0. The molecule has 0 amide bonds. The van der Waals surface area contributed by atoms with Crippen LogP contribution in [-0.2, 0) is 0 Å². The molecule has 1 heteroatoms. The van der Waals surface area contributed by atoms with Gasteiger partial charge < -0.3 is 4.42 Å². The Balaban J connectivity index is 0.000000673. The Bertz CT molecular complexity index is 353. The van der Waals surface area contributed by atoms with E-state index in [1.807, 2.05) is 50.3 Å². The first-order valence-corrected chi connectivity index (χ1v) is 5.70. The van der Waals surface area contributed by atoms with Crippen LogP contribution >= 0.6 is 0 Å². The standard InChI is InChI=1S/C12H14O.C3H8/c1-4-5-6-7-10(2)12-9-8-11(3)13-12;1-3-2/h4-9H,2H2,1,3H3;3H2,1-2H3/b5-4-,7-6-;. The molecule has 0 saturated heterocycles. The van der Waals surface area contributed by atoms with Crippen molar-refractivity contribution in [1.82, 2.24) is 0 Å². The average Bonchev–Trinajstić information content (AvgIpc) is 2.66. The Hall–Kier alpha value is -1.50. The molecule has 1 rings (SSSR count). The molecular weight excluding hydrogens is 196 g/mol. The first kappa shape index (κ1) is 14.5. The van der Waals surface area contributed by atoms with Crippen molar-refractivity contribution < 1.29 is 4.42 Å². The fourth-order valence-corrected chi connectivity index (χ4v) is 0.972. The molecule has 0 radical (unpaired) electrons. The van der Waals surface area contributed by atoms with Crippen molar-refractivity contribution in [3.8, 4) is 0 Å². The SMILES string of the molecule is C=C(/C=C\C=C/C)c1ccc(C)o1.CCC. The molecule has 88 valence electrons. The molecule has 1 aromatic heterocycles. The predicted octanol–water partition coefficient (Wildman–Crippen LogP) is 5.15. The minimum Gasteiger partial charge on any atom is -0.461 e. The van der Waals surface area contributed by atoms with Crippen LogP contribution in [0.15, 0.2) is 47.4 Å². The second kappa shape index (κ2) is 8.78. The van der Waals surface area contributed by atoms with Crippen LogP contribution in [0.2, 0.25) is 0 Å². The summed E-state index contributed by atoms with van der Waals surface area (Å²) in [6.45, 7) is 12.0. The molecular formula is C15H22O. The third kappa shape index (κ3) is 6.07. The number of allylic oxidation sites excluding steroid dienone is 5. The molecule has 0 aromatic carbocycles. The zero-order valence-corrected chi connectivity index (χ0v) is 10.8. The van der Waals surface area contributed by atoms with E-state index in [9.17, 15) is 0 Å². The molecule has 0 saturated carbocycles. The van der Waals surface area contributed by atoms with Gasteiger partial charge in [0.1, 0.15) is 11.5 Å². The van der Waals surface area contributed by atoms with Gasteiger partial charge in [0.05, 0.1) is 0 Å². The molecule has 0 bridgehead atoms. The van der Waals surface area contributed by atoms with Crippen molar-refractivity contribution in [2.24, 2.45) is 0 Å². The molecule has 0 spiro atoms. The van der Waals surface area contributed by atoms with Crippen LogP contribution in [-0.4, -0.2) is 0 Å². The summed E-state index contributed by atoms with van der Waals surface area (Å²) < 4.78 is 5.40. The van der Waals surface area contributed by atoms with Crippen LogP contribution in [0.5, 0.6) is 0 Å². The van der Waals surface area contributed by atoms with E-state index < -0.39 is 0 Å². The van der Waals surface area contributed by atoms with E-state index in [2.05, 4.69) is 20.4 Å². The molecule has 0 fully saturated rings. The van der Waals surface area contributed by atoms with Gasteiger partial charge in [-0.2, -0.15) is 0 Å². The Labute approximate surface area is 99.2 Å². The first-order valence-electron chi connectivity index (χ1n) is 5.70. The van der Waals surface area contributed by atoms with Crippen molar-refractivity contribution >= 4 is 5.57 Å². The van der Waals surface area contributed by atoms with Crippen LogP contribution in [0.1, 0.15) is 38.7 Å². The zero-order valence-electron chi connectivity index (χ0n) is 10.8. The van der Waals surface area contributed by atoms with Crippen molar-refractivity contribution in [2.75, 3.05) is 0 Å². The van der Waals surface area contributed by atoms with Gasteiger partial charge in [0, 0.05) is 5.57 Å². The van der Waals surface area contributed by atoms with Crippen LogP contribution in [0.3, 0.4) is 0 Å². The average molecular weight is 218 g/mol. The Kier molecular flexibility index (Phi) is 7.96. The summed E-state index contributed by atoms with van der Waals surface area (Å²) >= 11 is 0. The van der Waals surface area contributed by atoms with Crippen molar-refractivity contribution in [3.05, 3.63) is 54.5 Å². The maximum Gasteiger partial charge on any atom is 0.133 e. The lowest BCUT2D eigenvalue weighted by Crippen LogP contribution is -1.71. The topological polar surface area (TPSA) is 13.1 Å². The molecule has 0 atom stereocenters. The highest BCUT2D eigenvalue weighted by molar-refractivity contribution is 5.68. The highest BCUT2D eigenvalue weighted by Gasteiger charge is 1.98. The molecule has 1 aromatic rings. The number of hydrogen-bond acceptors (Lipinski definition) is 1. The molecule has 0 aliphatic carbocycles. The second-order valence-corrected chi connectivity index (χ2v) is 3.53. The van der Waals surface area contributed by atoms with E-state index in [0.717, 1.165) is 17.1 Å². The van der Waals surface area contributed by atoms with Gasteiger partial charge in [-0.1, -0.05) is 51.2 Å². The summed E-state index contributed by atoms with van der Waals surface area (Å²) in [6, 6.07) is 3.86. The second-order valence-electron chi connectivity index (χ2n) is 3.53. The van der Waals surface area contributed by atoms with E-state index in [-0.39, 0.29) is 0 Å². The zero-order chi connectivity index (χ0) is 12.4. The van der Waals surface area contributed by atoms with Crippen LogP contribution in [0, 0.1) is 6.92 Å². The fourth-order valence-electron chi connectivity index (χ4n) is 0.972. The molecule has 0 N–H and O–H groups in total. The van der Waals surface area contributed by atoms with Gasteiger partial charge in [0.2, 0.25) is 0 Å². The molecule has 0 aliphatic heterocycles. The van der Waals surface area contributed by atoms with Crippen LogP contribution < -0.4 is 0 Å². The van der Waals surface area contributed by atoms with E-state index in [1.165, 1.54) is 6.42 Å². The van der Waals surface area contributed by atoms with Gasteiger partial charge in [-0.05, 0) is 26.0 Å². The third-order valence-electron chi connectivity index (χ3n) is 1.66. The third-order valence-corrected chi connectivity index (χ3v) is 1.66. The van der Waals surface area contributed by atoms with E-state index in [1.54, 1.807) is 0 Å². The monoisotopic (exact) mass is 218 g/mol. The summed E-state index contributed by atoms with van der Waals surface area (Å²) in [5, 5.41) is 0. The summed E-state index contributed by atoms with van der Waals surface area (Å²) in [5.41, 5.74) is 0.895. The lowest BCUT2D eigenvalue weighted by molar-refractivity contribution is 0.522. The predicted molar refractivity (Wildman–Crippen MR) is 72.4 cm³/mol. The van der Waals surface area contributed by atoms with E-state index in [4.69, 9.17) is 4.42 Å². The maximum absolute atomic E-state index is 5.40. The van der Waals surface area contributed by atoms with E-state index in [0.29, 0.717) is 0 Å². The summed E-state index contributed by atoms with van der Waals surface area (Å²) in [6.07, 6.45) is 9.05. The first-order chi connectivity index (χ1) is 7.65. The Morgan fingerprint density at radius 1 is 1.31 bits per heavy atom.